The third-order valence-electron chi connectivity index (χ3n) is 1.70. The van der Waals surface area contributed by atoms with Crippen LogP contribution in [0.3, 0.4) is 0 Å². The minimum Gasteiger partial charge on any atom is -0.496 e. The average molecular weight is 217 g/mol. The van der Waals surface area contributed by atoms with Crippen molar-refractivity contribution in [2.75, 3.05) is 14.2 Å². The first kappa shape index (κ1) is 10.7. The number of rotatable bonds is 3. The number of hydrogen-bond donors (Lipinski definition) is 1. The van der Waals surface area contributed by atoms with Crippen LogP contribution in [-0.2, 0) is 0 Å². The Balaban J connectivity index is 3.31. The van der Waals surface area contributed by atoms with E-state index in [0.717, 1.165) is 0 Å². The zero-order valence-electron chi connectivity index (χ0n) is 7.70. The average Bonchev–Trinajstić information content (AvgIpc) is 2.17. The summed E-state index contributed by atoms with van der Waals surface area (Å²) in [7, 11) is 2.83. The van der Waals surface area contributed by atoms with Crippen molar-refractivity contribution in [2.24, 2.45) is 0 Å². The molecule has 1 aromatic carbocycles. The van der Waals surface area contributed by atoms with Crippen LogP contribution < -0.4 is 9.47 Å². The molecule has 1 rings (SSSR count). The summed E-state index contributed by atoms with van der Waals surface area (Å²) < 4.78 is 9.80. The molecular weight excluding hydrogens is 208 g/mol. The Kier molecular flexibility index (Phi) is 3.19. The van der Waals surface area contributed by atoms with Gasteiger partial charge in [-0.2, -0.15) is 0 Å². The normalized spacial score (nSPS) is 9.64. The van der Waals surface area contributed by atoms with E-state index in [4.69, 9.17) is 26.2 Å². The monoisotopic (exact) mass is 216 g/mol. The molecule has 0 saturated heterocycles. The molecule has 0 aromatic heterocycles. The number of aromatic carboxylic acids is 1. The second-order valence-corrected chi connectivity index (χ2v) is 2.90. The Hall–Kier alpha value is -1.42. The highest BCUT2D eigenvalue weighted by Crippen LogP contribution is 2.32. The van der Waals surface area contributed by atoms with Crippen LogP contribution in [-0.4, -0.2) is 25.3 Å². The maximum Gasteiger partial charge on any atom is 0.339 e. The van der Waals surface area contributed by atoms with Gasteiger partial charge in [0.2, 0.25) is 0 Å². The van der Waals surface area contributed by atoms with Gasteiger partial charge in [0.15, 0.2) is 0 Å². The van der Waals surface area contributed by atoms with E-state index in [1.807, 2.05) is 0 Å². The van der Waals surface area contributed by atoms with E-state index in [-0.39, 0.29) is 16.3 Å². The Morgan fingerprint density at radius 1 is 1.29 bits per heavy atom. The van der Waals surface area contributed by atoms with Gasteiger partial charge in [0.1, 0.15) is 17.1 Å². The molecule has 5 heteroatoms. The molecule has 1 N–H and O–H groups in total. The summed E-state index contributed by atoms with van der Waals surface area (Å²) >= 11 is 5.76. The smallest absolute Gasteiger partial charge is 0.339 e. The number of methoxy groups -OCH3 is 2. The highest BCUT2D eigenvalue weighted by atomic mass is 35.5. The lowest BCUT2D eigenvalue weighted by Gasteiger charge is -2.08. The molecule has 14 heavy (non-hydrogen) atoms. The Labute approximate surface area is 86.0 Å². The molecule has 0 aliphatic heterocycles. The van der Waals surface area contributed by atoms with E-state index in [1.165, 1.54) is 26.4 Å². The van der Waals surface area contributed by atoms with Gasteiger partial charge in [-0.25, -0.2) is 4.79 Å². The second kappa shape index (κ2) is 4.19. The molecule has 0 aliphatic rings. The summed E-state index contributed by atoms with van der Waals surface area (Å²) in [6, 6.07) is 2.73. The van der Waals surface area contributed by atoms with Gasteiger partial charge in [0, 0.05) is 6.07 Å². The van der Waals surface area contributed by atoms with Crippen LogP contribution in [0.1, 0.15) is 10.4 Å². The fraction of sp³-hybridized carbons (Fsp3) is 0.222. The summed E-state index contributed by atoms with van der Waals surface area (Å²) in [6.45, 7) is 0. The molecular formula is C9H9ClO4. The van der Waals surface area contributed by atoms with Crippen LogP contribution in [0.4, 0.5) is 0 Å². The van der Waals surface area contributed by atoms with Crippen molar-refractivity contribution in [3.8, 4) is 11.5 Å². The topological polar surface area (TPSA) is 55.8 Å². The van der Waals surface area contributed by atoms with Crippen LogP contribution in [0.15, 0.2) is 12.1 Å². The van der Waals surface area contributed by atoms with Gasteiger partial charge < -0.3 is 14.6 Å². The van der Waals surface area contributed by atoms with Gasteiger partial charge >= 0.3 is 5.97 Å². The number of carbonyl (C=O) groups is 1. The molecule has 4 nitrogen and oxygen atoms in total. The van der Waals surface area contributed by atoms with Crippen molar-refractivity contribution in [1.82, 2.24) is 0 Å². The van der Waals surface area contributed by atoms with Gasteiger partial charge in [0.05, 0.1) is 19.2 Å². The minimum atomic E-state index is -1.09. The van der Waals surface area contributed by atoms with Crippen molar-refractivity contribution in [2.45, 2.75) is 0 Å². The molecule has 0 spiro atoms. The first-order chi connectivity index (χ1) is 6.60. The number of hydrogen-bond acceptors (Lipinski definition) is 3. The zero-order valence-corrected chi connectivity index (χ0v) is 8.46. The second-order valence-electron chi connectivity index (χ2n) is 2.49. The van der Waals surface area contributed by atoms with Crippen molar-refractivity contribution in [3.05, 3.63) is 22.7 Å². The lowest BCUT2D eigenvalue weighted by Crippen LogP contribution is -2.01. The fourth-order valence-electron chi connectivity index (χ4n) is 1.03. The first-order valence-corrected chi connectivity index (χ1v) is 4.12. The molecule has 0 aliphatic carbocycles. The molecule has 0 heterocycles. The summed E-state index contributed by atoms with van der Waals surface area (Å²) in [5.74, 6) is -0.487. The van der Waals surface area contributed by atoms with E-state index in [2.05, 4.69) is 0 Å². The maximum absolute atomic E-state index is 10.8. The van der Waals surface area contributed by atoms with Crippen LogP contribution in [0.2, 0.25) is 5.02 Å². The Morgan fingerprint density at radius 3 is 2.29 bits per heavy atom. The van der Waals surface area contributed by atoms with Gasteiger partial charge in [-0.05, 0) is 6.07 Å². The maximum atomic E-state index is 10.8. The third kappa shape index (κ3) is 1.90. The first-order valence-electron chi connectivity index (χ1n) is 3.75. The predicted octanol–water partition coefficient (Wildman–Crippen LogP) is 2.06. The quantitative estimate of drug-likeness (QED) is 0.840. The van der Waals surface area contributed by atoms with Crippen LogP contribution >= 0.6 is 11.6 Å². The summed E-state index contributed by atoms with van der Waals surface area (Å²) in [6.07, 6.45) is 0. The van der Waals surface area contributed by atoms with Crippen LogP contribution in [0, 0.1) is 0 Å². The number of ether oxygens (including phenoxy) is 2. The lowest BCUT2D eigenvalue weighted by molar-refractivity contribution is 0.0693. The zero-order chi connectivity index (χ0) is 10.7. The molecule has 0 radical (unpaired) electrons. The summed E-state index contributed by atoms with van der Waals surface area (Å²) in [5.41, 5.74) is 0.0123. The van der Waals surface area contributed by atoms with E-state index >= 15 is 0 Å². The highest BCUT2D eigenvalue weighted by Gasteiger charge is 2.14. The predicted molar refractivity (Wildman–Crippen MR) is 51.5 cm³/mol. The van der Waals surface area contributed by atoms with E-state index in [9.17, 15) is 4.79 Å². The number of carboxylic acid groups (broad SMARTS) is 1. The Bertz CT molecular complexity index is 362. The van der Waals surface area contributed by atoms with Crippen LogP contribution in [0.5, 0.6) is 11.5 Å². The third-order valence-corrected chi connectivity index (χ3v) is 2.00. The van der Waals surface area contributed by atoms with E-state index in [0.29, 0.717) is 5.75 Å². The SMILES string of the molecule is COc1cc(OC)c(C(=O)O)cc1Cl. The molecule has 76 valence electrons. The Morgan fingerprint density at radius 2 is 1.86 bits per heavy atom. The van der Waals surface area contributed by atoms with Gasteiger partial charge in [-0.1, -0.05) is 11.6 Å². The molecule has 0 bridgehead atoms. The van der Waals surface area contributed by atoms with E-state index < -0.39 is 5.97 Å². The number of benzene rings is 1. The number of halogens is 1. The lowest BCUT2D eigenvalue weighted by atomic mass is 10.2. The molecule has 0 unspecified atom stereocenters. The molecule has 0 amide bonds. The van der Waals surface area contributed by atoms with Crippen molar-refractivity contribution in [1.29, 1.82) is 0 Å². The van der Waals surface area contributed by atoms with Gasteiger partial charge in [0.25, 0.3) is 0 Å². The standard InChI is InChI=1S/C9H9ClO4/c1-13-7-4-8(14-2)6(10)3-5(7)9(11)12/h3-4H,1-2H3,(H,11,12). The number of carboxylic acids is 1. The van der Waals surface area contributed by atoms with E-state index in [1.54, 1.807) is 0 Å². The van der Waals surface area contributed by atoms with Crippen molar-refractivity contribution < 1.29 is 19.4 Å². The van der Waals surface area contributed by atoms with Crippen LogP contribution in [0.25, 0.3) is 0 Å². The largest absolute Gasteiger partial charge is 0.496 e. The molecule has 0 atom stereocenters. The van der Waals surface area contributed by atoms with Crippen molar-refractivity contribution in [3.63, 3.8) is 0 Å². The summed E-state index contributed by atoms with van der Waals surface area (Å²) in [4.78, 5) is 10.8. The highest BCUT2D eigenvalue weighted by molar-refractivity contribution is 6.32. The van der Waals surface area contributed by atoms with Gasteiger partial charge in [-0.3, -0.25) is 0 Å². The molecule has 1 aromatic rings. The van der Waals surface area contributed by atoms with Gasteiger partial charge in [-0.15, -0.1) is 0 Å². The summed E-state index contributed by atoms with van der Waals surface area (Å²) in [5, 5.41) is 9.05. The molecule has 0 fully saturated rings. The minimum absolute atomic E-state index is 0.0123. The fourth-order valence-corrected chi connectivity index (χ4v) is 1.27. The molecule has 0 saturated carbocycles. The van der Waals surface area contributed by atoms with Crippen molar-refractivity contribution >= 4 is 17.6 Å².